The maximum atomic E-state index is 12.9. The van der Waals surface area contributed by atoms with E-state index < -0.39 is 47.4 Å². The summed E-state index contributed by atoms with van der Waals surface area (Å²) in [5.41, 5.74) is -0.778. The summed E-state index contributed by atoms with van der Waals surface area (Å²) in [5.74, 6) is -2.26. The standard InChI is InChI=1S/C16H10Cl2F6N8O2/c17-12-13(18)31(6-25-12)4-10-26-30-32(29-10)5-11(33)27-28-14(34)7-1-8(15(19,20)21)3-9(2-7)16(22,23)24/h1-3,6H,4-5H2,(H,27,33)(H,28,34). The van der Waals surface area contributed by atoms with Crippen LogP contribution in [0.3, 0.4) is 0 Å². The number of hydrazine groups is 1. The SMILES string of the molecule is O=C(Cn1nnc(Cn2cnc(Cl)c2Cl)n1)NNC(=O)c1cc(C(F)(F)F)cc(C(F)(F)F)c1. The molecular weight excluding hydrogens is 521 g/mol. The highest BCUT2D eigenvalue weighted by molar-refractivity contribution is 6.40. The van der Waals surface area contributed by atoms with Crippen molar-refractivity contribution in [2.45, 2.75) is 25.4 Å². The maximum absolute atomic E-state index is 12.9. The average molecular weight is 531 g/mol. The Kier molecular flexibility index (Phi) is 7.02. The van der Waals surface area contributed by atoms with Gasteiger partial charge in [0.2, 0.25) is 0 Å². The number of imidazole rings is 1. The van der Waals surface area contributed by atoms with Crippen LogP contribution in [0, 0.1) is 0 Å². The zero-order valence-corrected chi connectivity index (χ0v) is 17.8. The molecule has 0 spiro atoms. The molecule has 0 bridgehead atoms. The maximum Gasteiger partial charge on any atom is 0.416 e. The minimum absolute atomic E-state index is 0.00793. The number of carbonyl (C=O) groups excluding carboxylic acids is 2. The zero-order chi connectivity index (χ0) is 25.3. The predicted octanol–water partition coefficient (Wildman–Crippen LogP) is 2.72. The van der Waals surface area contributed by atoms with Crippen LogP contribution in [0.15, 0.2) is 24.5 Å². The number of nitrogens with zero attached hydrogens (tertiary/aromatic N) is 6. The van der Waals surface area contributed by atoms with Crippen LogP contribution in [-0.2, 0) is 30.2 Å². The van der Waals surface area contributed by atoms with Crippen LogP contribution < -0.4 is 10.9 Å². The van der Waals surface area contributed by atoms with E-state index in [1.165, 1.54) is 10.9 Å². The van der Waals surface area contributed by atoms with Gasteiger partial charge < -0.3 is 4.57 Å². The van der Waals surface area contributed by atoms with Crippen LogP contribution in [0.2, 0.25) is 10.3 Å². The van der Waals surface area contributed by atoms with E-state index >= 15 is 0 Å². The lowest BCUT2D eigenvalue weighted by Crippen LogP contribution is -2.43. The van der Waals surface area contributed by atoms with Gasteiger partial charge in [0.15, 0.2) is 11.0 Å². The third-order valence-electron chi connectivity index (χ3n) is 3.99. The quantitative estimate of drug-likeness (QED) is 0.386. The van der Waals surface area contributed by atoms with Gasteiger partial charge in [-0.25, -0.2) is 4.98 Å². The van der Waals surface area contributed by atoms with Gasteiger partial charge in [-0.1, -0.05) is 23.2 Å². The summed E-state index contributed by atoms with van der Waals surface area (Å²) >= 11 is 11.6. The molecule has 0 saturated heterocycles. The van der Waals surface area contributed by atoms with Gasteiger partial charge in [0, 0.05) is 5.56 Å². The van der Waals surface area contributed by atoms with Crippen molar-refractivity contribution in [1.82, 2.24) is 40.6 Å². The Labute approximate surface area is 194 Å². The molecule has 0 saturated carbocycles. The molecule has 3 rings (SSSR count). The van der Waals surface area contributed by atoms with Crippen LogP contribution in [0.4, 0.5) is 26.3 Å². The molecule has 1 aromatic carbocycles. The number of rotatable bonds is 5. The van der Waals surface area contributed by atoms with Crippen molar-refractivity contribution in [2.24, 2.45) is 0 Å². The first-order valence-electron chi connectivity index (χ1n) is 8.75. The second kappa shape index (κ2) is 9.46. The first-order valence-corrected chi connectivity index (χ1v) is 9.51. The van der Waals surface area contributed by atoms with E-state index in [0.29, 0.717) is 0 Å². The zero-order valence-electron chi connectivity index (χ0n) is 16.2. The Morgan fingerprint density at radius 3 is 2.12 bits per heavy atom. The van der Waals surface area contributed by atoms with Crippen molar-refractivity contribution in [3.8, 4) is 0 Å². The van der Waals surface area contributed by atoms with E-state index in [0.717, 1.165) is 4.80 Å². The van der Waals surface area contributed by atoms with E-state index in [1.54, 1.807) is 5.43 Å². The molecular formula is C16H10Cl2F6N8O2. The first-order chi connectivity index (χ1) is 15.7. The molecule has 3 aromatic rings. The minimum Gasteiger partial charge on any atom is -0.312 e. The summed E-state index contributed by atoms with van der Waals surface area (Å²) in [6.07, 6.45) is -8.96. The molecule has 10 nitrogen and oxygen atoms in total. The summed E-state index contributed by atoms with van der Waals surface area (Å²) in [7, 11) is 0. The average Bonchev–Trinajstić information content (AvgIpc) is 3.31. The van der Waals surface area contributed by atoms with Gasteiger partial charge >= 0.3 is 12.4 Å². The number of carbonyl (C=O) groups is 2. The van der Waals surface area contributed by atoms with Crippen molar-refractivity contribution in [3.05, 3.63) is 57.3 Å². The summed E-state index contributed by atoms with van der Waals surface area (Å²) in [5, 5.41) is 11.3. The van der Waals surface area contributed by atoms with Crippen molar-refractivity contribution in [3.63, 3.8) is 0 Å². The second-order valence-electron chi connectivity index (χ2n) is 6.49. The van der Waals surface area contributed by atoms with E-state index in [1.807, 2.05) is 5.43 Å². The van der Waals surface area contributed by atoms with Crippen molar-refractivity contribution in [2.75, 3.05) is 0 Å². The molecule has 0 aliphatic rings. The third-order valence-corrected chi connectivity index (χ3v) is 4.76. The van der Waals surface area contributed by atoms with Gasteiger partial charge in [0.05, 0.1) is 24.0 Å². The van der Waals surface area contributed by atoms with Gasteiger partial charge in [-0.05, 0) is 23.4 Å². The number of halogens is 8. The smallest absolute Gasteiger partial charge is 0.312 e. The van der Waals surface area contributed by atoms with Crippen LogP contribution in [0.25, 0.3) is 0 Å². The van der Waals surface area contributed by atoms with E-state index in [9.17, 15) is 35.9 Å². The number of benzene rings is 1. The molecule has 2 N–H and O–H groups in total. The van der Waals surface area contributed by atoms with Gasteiger partial charge in [-0.3, -0.25) is 20.4 Å². The topological polar surface area (TPSA) is 120 Å². The lowest BCUT2D eigenvalue weighted by Gasteiger charge is -2.14. The fourth-order valence-electron chi connectivity index (χ4n) is 2.46. The first kappa shape index (κ1) is 25.2. The minimum atomic E-state index is -5.14. The second-order valence-corrected chi connectivity index (χ2v) is 7.20. The molecule has 2 aromatic heterocycles. The Bertz CT molecular complexity index is 1190. The Balaban J connectivity index is 1.63. The lowest BCUT2D eigenvalue weighted by molar-refractivity contribution is -0.143. The number of hydrogen-bond acceptors (Lipinski definition) is 6. The van der Waals surface area contributed by atoms with Crippen LogP contribution in [0.1, 0.15) is 27.3 Å². The number of nitrogens with one attached hydrogen (secondary N) is 2. The van der Waals surface area contributed by atoms with Crippen molar-refractivity contribution in [1.29, 1.82) is 0 Å². The summed E-state index contributed by atoms with van der Waals surface area (Å²) in [6.45, 7) is -0.587. The molecule has 0 unspecified atom stereocenters. The number of alkyl halides is 6. The van der Waals surface area contributed by atoms with E-state index in [2.05, 4.69) is 20.4 Å². The molecule has 0 atom stereocenters. The summed E-state index contributed by atoms with van der Waals surface area (Å²) in [4.78, 5) is 28.6. The van der Waals surface area contributed by atoms with Crippen molar-refractivity contribution < 1.29 is 35.9 Å². The number of aromatic nitrogens is 6. The molecule has 182 valence electrons. The number of hydrogen-bond donors (Lipinski definition) is 2. The highest BCUT2D eigenvalue weighted by Gasteiger charge is 2.37. The lowest BCUT2D eigenvalue weighted by atomic mass is 10.0. The van der Waals surface area contributed by atoms with Gasteiger partial charge in [0.25, 0.3) is 11.8 Å². The monoisotopic (exact) mass is 530 g/mol. The van der Waals surface area contributed by atoms with Crippen molar-refractivity contribution >= 4 is 35.0 Å². The molecule has 34 heavy (non-hydrogen) atoms. The fraction of sp³-hybridized carbons (Fsp3) is 0.250. The predicted molar refractivity (Wildman–Crippen MR) is 101 cm³/mol. The van der Waals surface area contributed by atoms with Crippen LogP contribution >= 0.6 is 23.2 Å². The molecule has 0 fully saturated rings. The largest absolute Gasteiger partial charge is 0.416 e. The number of amides is 2. The van der Waals surface area contributed by atoms with Gasteiger partial charge in [-0.15, -0.1) is 10.2 Å². The fourth-order valence-corrected chi connectivity index (χ4v) is 2.77. The van der Waals surface area contributed by atoms with Crippen LogP contribution in [-0.4, -0.2) is 41.6 Å². The molecule has 0 radical (unpaired) electrons. The normalized spacial score (nSPS) is 12.0. The highest BCUT2D eigenvalue weighted by Crippen LogP contribution is 2.36. The van der Waals surface area contributed by atoms with E-state index in [-0.39, 0.29) is 40.9 Å². The third kappa shape index (κ3) is 6.13. The van der Waals surface area contributed by atoms with E-state index in [4.69, 9.17) is 23.2 Å². The van der Waals surface area contributed by atoms with Gasteiger partial charge in [-0.2, -0.15) is 31.1 Å². The summed E-state index contributed by atoms with van der Waals surface area (Å²) < 4.78 is 78.8. The Hall–Kier alpha value is -3.40. The summed E-state index contributed by atoms with van der Waals surface area (Å²) in [6, 6.07) is 0.305. The molecule has 2 amide bonds. The molecule has 0 aliphatic carbocycles. The number of tetrazole rings is 1. The molecule has 2 heterocycles. The van der Waals surface area contributed by atoms with Gasteiger partial charge in [0.1, 0.15) is 11.7 Å². The van der Waals surface area contributed by atoms with Crippen LogP contribution in [0.5, 0.6) is 0 Å². The molecule has 18 heteroatoms. The Morgan fingerprint density at radius 1 is 0.971 bits per heavy atom. The highest BCUT2D eigenvalue weighted by atomic mass is 35.5. The molecule has 0 aliphatic heterocycles. The Morgan fingerprint density at radius 2 is 1.59 bits per heavy atom.